The van der Waals surface area contributed by atoms with Gasteiger partial charge in [0, 0.05) is 11.8 Å². The van der Waals surface area contributed by atoms with E-state index in [0.717, 1.165) is 11.1 Å². The number of hydrogen-bond donors (Lipinski definition) is 1. The molecule has 23 heavy (non-hydrogen) atoms. The Labute approximate surface area is 137 Å². The molecular formula is C16H14ClN3O3. The Kier molecular flexibility index (Phi) is 4.16. The van der Waals surface area contributed by atoms with Crippen LogP contribution in [0.25, 0.3) is 11.5 Å². The molecular weight excluding hydrogens is 318 g/mol. The zero-order valence-corrected chi connectivity index (χ0v) is 13.3. The van der Waals surface area contributed by atoms with Crippen LogP contribution in [0.5, 0.6) is 0 Å². The summed E-state index contributed by atoms with van der Waals surface area (Å²) < 4.78 is 10.9. The number of rotatable bonds is 4. The van der Waals surface area contributed by atoms with Crippen LogP contribution < -0.4 is 0 Å². The fraction of sp³-hybridized carbons (Fsp3) is 0.188. The summed E-state index contributed by atoms with van der Waals surface area (Å²) >= 11 is 5.76. The largest absolute Gasteiger partial charge is 0.448 e. The van der Waals surface area contributed by atoms with Crippen LogP contribution in [-0.2, 0) is 4.74 Å². The number of H-pyrrole nitrogens is 1. The van der Waals surface area contributed by atoms with Gasteiger partial charge in [0.15, 0.2) is 6.10 Å². The number of carbonyl (C=O) groups excluding carboxylic acids is 1. The summed E-state index contributed by atoms with van der Waals surface area (Å²) in [6.45, 7) is 3.66. The maximum atomic E-state index is 12.0. The summed E-state index contributed by atoms with van der Waals surface area (Å²) in [5, 5.41) is 8.36. The predicted molar refractivity (Wildman–Crippen MR) is 84.1 cm³/mol. The van der Waals surface area contributed by atoms with Crippen LogP contribution in [-0.4, -0.2) is 21.2 Å². The molecule has 1 aromatic carbocycles. The van der Waals surface area contributed by atoms with Crippen LogP contribution in [0.15, 0.2) is 40.9 Å². The zero-order chi connectivity index (χ0) is 16.4. The van der Waals surface area contributed by atoms with Gasteiger partial charge in [0.25, 0.3) is 5.89 Å². The molecule has 1 atom stereocenters. The van der Waals surface area contributed by atoms with Gasteiger partial charge < -0.3 is 14.1 Å². The van der Waals surface area contributed by atoms with E-state index in [4.69, 9.17) is 20.8 Å². The average molecular weight is 332 g/mol. The maximum Gasteiger partial charge on any atom is 0.355 e. The van der Waals surface area contributed by atoms with Gasteiger partial charge in [0.1, 0.15) is 5.69 Å². The number of ether oxygens (including phenoxy) is 1. The van der Waals surface area contributed by atoms with E-state index in [2.05, 4.69) is 15.2 Å². The van der Waals surface area contributed by atoms with E-state index in [-0.39, 0.29) is 11.6 Å². The van der Waals surface area contributed by atoms with Crippen molar-refractivity contribution < 1.29 is 13.9 Å². The van der Waals surface area contributed by atoms with Crippen molar-refractivity contribution in [3.8, 4) is 11.5 Å². The summed E-state index contributed by atoms with van der Waals surface area (Å²) in [4.78, 5) is 14.7. The van der Waals surface area contributed by atoms with Crippen molar-refractivity contribution in [2.75, 3.05) is 0 Å². The highest BCUT2D eigenvalue weighted by Crippen LogP contribution is 2.23. The van der Waals surface area contributed by atoms with Gasteiger partial charge in [-0.05, 0) is 32.0 Å². The minimum absolute atomic E-state index is 0.228. The molecule has 2 heterocycles. The number of nitrogens with one attached hydrogen (secondary N) is 1. The number of esters is 1. The van der Waals surface area contributed by atoms with Crippen molar-refractivity contribution in [2.24, 2.45) is 0 Å². The number of carbonyl (C=O) groups is 1. The first-order valence-corrected chi connectivity index (χ1v) is 7.36. The summed E-state index contributed by atoms with van der Waals surface area (Å²) in [6, 6.07) is 9.19. The number of halogens is 1. The van der Waals surface area contributed by atoms with Gasteiger partial charge in [-0.15, -0.1) is 10.2 Å². The number of benzene rings is 1. The van der Waals surface area contributed by atoms with Crippen molar-refractivity contribution >= 4 is 17.6 Å². The third kappa shape index (κ3) is 3.43. The van der Waals surface area contributed by atoms with Crippen LogP contribution in [0.2, 0.25) is 5.02 Å². The molecule has 0 saturated carbocycles. The molecule has 3 rings (SSSR count). The van der Waals surface area contributed by atoms with Gasteiger partial charge in [-0.1, -0.05) is 29.3 Å². The molecule has 6 nitrogen and oxygen atoms in total. The molecule has 1 N–H and O–H groups in total. The van der Waals surface area contributed by atoms with Crippen LogP contribution in [0.3, 0.4) is 0 Å². The van der Waals surface area contributed by atoms with Gasteiger partial charge in [-0.3, -0.25) is 0 Å². The van der Waals surface area contributed by atoms with Crippen molar-refractivity contribution in [2.45, 2.75) is 20.0 Å². The molecule has 3 aromatic rings. The molecule has 0 spiro atoms. The lowest BCUT2D eigenvalue weighted by Crippen LogP contribution is -2.09. The SMILES string of the molecule is Cc1ccc(-c2nnc([C@@H](C)OC(=O)c3cc(Cl)c[nH]3)o2)cc1. The van der Waals surface area contributed by atoms with Crippen molar-refractivity contribution in [1.29, 1.82) is 0 Å². The van der Waals surface area contributed by atoms with E-state index >= 15 is 0 Å². The Hall–Kier alpha value is -2.60. The molecule has 0 aliphatic rings. The number of aryl methyl sites for hydroxylation is 1. The second kappa shape index (κ2) is 6.26. The molecule has 0 radical (unpaired) electrons. The van der Waals surface area contributed by atoms with Gasteiger partial charge in [0.05, 0.1) is 5.02 Å². The minimum atomic E-state index is -0.670. The molecule has 0 saturated heterocycles. The van der Waals surface area contributed by atoms with Gasteiger partial charge >= 0.3 is 5.97 Å². The lowest BCUT2D eigenvalue weighted by Gasteiger charge is -2.07. The monoisotopic (exact) mass is 331 g/mol. The van der Waals surface area contributed by atoms with Crippen molar-refractivity contribution in [1.82, 2.24) is 15.2 Å². The lowest BCUT2D eigenvalue weighted by atomic mass is 10.1. The Morgan fingerprint density at radius 3 is 2.70 bits per heavy atom. The zero-order valence-electron chi connectivity index (χ0n) is 12.5. The molecule has 7 heteroatoms. The van der Waals surface area contributed by atoms with E-state index in [9.17, 15) is 4.79 Å². The molecule has 0 aliphatic carbocycles. The van der Waals surface area contributed by atoms with Crippen LogP contribution in [0.4, 0.5) is 0 Å². The Morgan fingerprint density at radius 2 is 2.04 bits per heavy atom. The Bertz CT molecular complexity index is 823. The highest BCUT2D eigenvalue weighted by molar-refractivity contribution is 6.30. The van der Waals surface area contributed by atoms with Gasteiger partial charge in [-0.2, -0.15) is 0 Å². The Morgan fingerprint density at radius 1 is 1.30 bits per heavy atom. The summed E-state index contributed by atoms with van der Waals surface area (Å²) in [7, 11) is 0. The first kappa shape index (κ1) is 15.3. The average Bonchev–Trinajstić information content (AvgIpc) is 3.17. The second-order valence-electron chi connectivity index (χ2n) is 5.09. The molecule has 0 fully saturated rings. The second-order valence-corrected chi connectivity index (χ2v) is 5.53. The van der Waals surface area contributed by atoms with Crippen molar-refractivity contribution in [3.05, 3.63) is 58.7 Å². The molecule has 0 bridgehead atoms. The third-order valence-corrected chi connectivity index (χ3v) is 3.46. The van der Waals surface area contributed by atoms with E-state index in [0.29, 0.717) is 10.9 Å². The quantitative estimate of drug-likeness (QED) is 0.732. The van der Waals surface area contributed by atoms with E-state index < -0.39 is 12.1 Å². The summed E-state index contributed by atoms with van der Waals surface area (Å²) in [5.74, 6) is 0.0666. The van der Waals surface area contributed by atoms with Gasteiger partial charge in [0.2, 0.25) is 5.89 Å². The number of hydrogen-bond acceptors (Lipinski definition) is 5. The number of aromatic amines is 1. The number of aromatic nitrogens is 3. The minimum Gasteiger partial charge on any atom is -0.448 e. The van der Waals surface area contributed by atoms with Crippen LogP contribution in [0, 0.1) is 6.92 Å². The van der Waals surface area contributed by atoms with Crippen LogP contribution in [0.1, 0.15) is 35.0 Å². The fourth-order valence-electron chi connectivity index (χ4n) is 1.97. The topological polar surface area (TPSA) is 81.0 Å². The lowest BCUT2D eigenvalue weighted by molar-refractivity contribution is 0.0274. The van der Waals surface area contributed by atoms with Gasteiger partial charge in [-0.25, -0.2) is 4.79 Å². The van der Waals surface area contributed by atoms with E-state index in [1.807, 2.05) is 31.2 Å². The number of nitrogens with zero attached hydrogens (tertiary/aromatic N) is 2. The first-order valence-electron chi connectivity index (χ1n) is 6.98. The summed E-state index contributed by atoms with van der Waals surface area (Å²) in [6.07, 6.45) is 0.835. The predicted octanol–water partition coefficient (Wildman–Crippen LogP) is 3.94. The van der Waals surface area contributed by atoms with Crippen LogP contribution >= 0.6 is 11.6 Å². The maximum absolute atomic E-state index is 12.0. The fourth-order valence-corrected chi connectivity index (χ4v) is 2.14. The molecule has 0 unspecified atom stereocenters. The highest BCUT2D eigenvalue weighted by Gasteiger charge is 2.20. The smallest absolute Gasteiger partial charge is 0.355 e. The first-order chi connectivity index (χ1) is 11.0. The summed E-state index contributed by atoms with van der Waals surface area (Å²) in [5.41, 5.74) is 2.21. The molecule has 118 valence electrons. The normalized spacial score (nSPS) is 12.1. The van der Waals surface area contributed by atoms with E-state index in [1.165, 1.54) is 12.3 Å². The van der Waals surface area contributed by atoms with Crippen molar-refractivity contribution in [3.63, 3.8) is 0 Å². The molecule has 2 aromatic heterocycles. The Balaban J connectivity index is 1.72. The van der Waals surface area contributed by atoms with E-state index in [1.54, 1.807) is 6.92 Å². The standard InChI is InChI=1S/C16H14ClN3O3/c1-9-3-5-11(6-4-9)15-20-19-14(23-15)10(2)22-16(21)13-7-12(17)8-18-13/h3-8,10,18H,1-2H3/t10-/m1/s1. The molecule has 0 amide bonds. The highest BCUT2D eigenvalue weighted by atomic mass is 35.5. The molecule has 0 aliphatic heterocycles. The third-order valence-electron chi connectivity index (χ3n) is 3.24.